The molecule has 2 rings (SSSR count). The van der Waals surface area contributed by atoms with Crippen molar-refractivity contribution < 1.29 is 19.5 Å². The molecule has 8 nitrogen and oxygen atoms in total. The Labute approximate surface area is 115 Å². The third-order valence-electron chi connectivity index (χ3n) is 3.16. The van der Waals surface area contributed by atoms with Gasteiger partial charge in [-0.1, -0.05) is 0 Å². The molecule has 108 valence electrons. The van der Waals surface area contributed by atoms with Crippen molar-refractivity contribution in [2.45, 2.75) is 19.9 Å². The molecule has 1 aliphatic rings. The second-order valence-corrected chi connectivity index (χ2v) is 4.61. The monoisotopic (exact) mass is 280 g/mol. The van der Waals surface area contributed by atoms with Crippen molar-refractivity contribution in [3.05, 3.63) is 12.3 Å². The van der Waals surface area contributed by atoms with E-state index in [9.17, 15) is 14.4 Å². The van der Waals surface area contributed by atoms with Crippen molar-refractivity contribution in [3.8, 4) is 0 Å². The van der Waals surface area contributed by atoms with E-state index >= 15 is 0 Å². The molecule has 8 heteroatoms. The maximum atomic E-state index is 12.0. The predicted octanol–water partition coefficient (Wildman–Crippen LogP) is -0.225. The molecule has 1 atom stereocenters. The van der Waals surface area contributed by atoms with E-state index in [4.69, 9.17) is 5.11 Å². The number of carbonyl (C=O) groups is 3. The molecular weight excluding hydrogens is 264 g/mol. The van der Waals surface area contributed by atoms with Crippen molar-refractivity contribution in [1.29, 1.82) is 0 Å². The van der Waals surface area contributed by atoms with E-state index in [2.05, 4.69) is 10.4 Å². The number of nitrogens with zero attached hydrogens (tertiary/aromatic N) is 3. The van der Waals surface area contributed by atoms with Gasteiger partial charge in [0.2, 0.25) is 11.8 Å². The van der Waals surface area contributed by atoms with Crippen molar-refractivity contribution >= 4 is 23.6 Å². The highest BCUT2D eigenvalue weighted by Crippen LogP contribution is 2.19. The Morgan fingerprint density at radius 1 is 1.55 bits per heavy atom. The van der Waals surface area contributed by atoms with Crippen LogP contribution in [0.15, 0.2) is 12.3 Å². The number of carboxylic acid groups (broad SMARTS) is 1. The number of anilines is 1. The highest BCUT2D eigenvalue weighted by molar-refractivity contribution is 5.96. The lowest BCUT2D eigenvalue weighted by molar-refractivity contribution is -0.138. The largest absolute Gasteiger partial charge is 0.480 e. The van der Waals surface area contributed by atoms with Crippen molar-refractivity contribution in [2.75, 3.05) is 18.4 Å². The van der Waals surface area contributed by atoms with Crippen LogP contribution in [0.25, 0.3) is 0 Å². The predicted molar refractivity (Wildman–Crippen MR) is 68.9 cm³/mol. The number of rotatable bonds is 5. The minimum atomic E-state index is -1.01. The van der Waals surface area contributed by atoms with E-state index in [0.29, 0.717) is 18.9 Å². The first kappa shape index (κ1) is 14.0. The normalized spacial score (nSPS) is 18.4. The number of aliphatic carboxylic acids is 1. The topological polar surface area (TPSA) is 105 Å². The molecule has 1 fully saturated rings. The lowest BCUT2D eigenvalue weighted by atomic mass is 10.1. The van der Waals surface area contributed by atoms with Crippen molar-refractivity contribution in [2.24, 2.45) is 5.92 Å². The second-order valence-electron chi connectivity index (χ2n) is 4.61. The first-order valence-electron chi connectivity index (χ1n) is 6.33. The molecule has 2 heterocycles. The van der Waals surface area contributed by atoms with E-state index in [1.54, 1.807) is 4.90 Å². The number of hydrogen-bond donors (Lipinski definition) is 2. The van der Waals surface area contributed by atoms with Crippen LogP contribution < -0.4 is 5.32 Å². The van der Waals surface area contributed by atoms with E-state index in [1.807, 2.05) is 6.92 Å². The first-order chi connectivity index (χ1) is 9.49. The minimum Gasteiger partial charge on any atom is -0.480 e. The van der Waals surface area contributed by atoms with E-state index in [1.165, 1.54) is 16.9 Å². The molecule has 0 bridgehead atoms. The van der Waals surface area contributed by atoms with E-state index in [0.717, 1.165) is 0 Å². The molecule has 1 aromatic rings. The van der Waals surface area contributed by atoms with Gasteiger partial charge in [-0.15, -0.1) is 0 Å². The Kier molecular flexibility index (Phi) is 4.02. The smallest absolute Gasteiger partial charge is 0.325 e. The van der Waals surface area contributed by atoms with E-state index in [-0.39, 0.29) is 30.7 Å². The maximum Gasteiger partial charge on any atom is 0.325 e. The Bertz CT molecular complexity index is 539. The summed E-state index contributed by atoms with van der Waals surface area (Å²) >= 11 is 0. The van der Waals surface area contributed by atoms with Crippen LogP contribution in [0.1, 0.15) is 13.3 Å². The van der Waals surface area contributed by atoms with Crippen molar-refractivity contribution in [1.82, 2.24) is 14.7 Å². The Morgan fingerprint density at radius 3 is 2.90 bits per heavy atom. The quantitative estimate of drug-likeness (QED) is 0.775. The molecule has 0 unspecified atom stereocenters. The van der Waals surface area contributed by atoms with Crippen LogP contribution >= 0.6 is 0 Å². The molecule has 0 aromatic carbocycles. The minimum absolute atomic E-state index is 0.0240. The lowest BCUT2D eigenvalue weighted by Crippen LogP contribution is -2.28. The summed E-state index contributed by atoms with van der Waals surface area (Å²) in [5.74, 6) is -1.39. The van der Waals surface area contributed by atoms with Gasteiger partial charge in [0, 0.05) is 31.8 Å². The summed E-state index contributed by atoms with van der Waals surface area (Å²) in [6, 6.07) is 1.52. The fourth-order valence-corrected chi connectivity index (χ4v) is 2.14. The zero-order valence-corrected chi connectivity index (χ0v) is 11.1. The molecule has 1 saturated heterocycles. The van der Waals surface area contributed by atoms with Gasteiger partial charge in [0.25, 0.3) is 0 Å². The zero-order chi connectivity index (χ0) is 14.7. The van der Waals surface area contributed by atoms with Gasteiger partial charge < -0.3 is 15.3 Å². The third-order valence-corrected chi connectivity index (χ3v) is 3.16. The fourth-order valence-electron chi connectivity index (χ4n) is 2.14. The summed E-state index contributed by atoms with van der Waals surface area (Å²) in [5.41, 5.74) is 0. The Hall–Kier alpha value is -2.38. The summed E-state index contributed by atoms with van der Waals surface area (Å²) in [6.45, 7) is 2.61. The second kappa shape index (κ2) is 5.72. The summed E-state index contributed by atoms with van der Waals surface area (Å²) in [6.07, 6.45) is 1.68. The number of likely N-dealkylation sites (tertiary alicyclic amines) is 1. The molecule has 20 heavy (non-hydrogen) atoms. The number of hydrogen-bond acceptors (Lipinski definition) is 4. The molecule has 2 amide bonds. The molecule has 2 N–H and O–H groups in total. The van der Waals surface area contributed by atoms with Crippen molar-refractivity contribution in [3.63, 3.8) is 0 Å². The molecular formula is C12H16N4O4. The van der Waals surface area contributed by atoms with Gasteiger partial charge in [0.1, 0.15) is 6.54 Å². The summed E-state index contributed by atoms with van der Waals surface area (Å²) in [7, 11) is 0. The first-order valence-corrected chi connectivity index (χ1v) is 6.33. The zero-order valence-electron chi connectivity index (χ0n) is 11.1. The van der Waals surface area contributed by atoms with Gasteiger partial charge >= 0.3 is 5.97 Å². The van der Waals surface area contributed by atoms with Crippen LogP contribution in [-0.4, -0.2) is 50.7 Å². The van der Waals surface area contributed by atoms with Crippen LogP contribution in [0.4, 0.5) is 5.82 Å². The van der Waals surface area contributed by atoms with Gasteiger partial charge in [0.15, 0.2) is 5.82 Å². The molecule has 0 aliphatic carbocycles. The summed E-state index contributed by atoms with van der Waals surface area (Å²) in [5, 5.41) is 15.2. The van der Waals surface area contributed by atoms with Gasteiger partial charge in [-0.3, -0.25) is 19.1 Å². The highest BCUT2D eigenvalue weighted by Gasteiger charge is 2.33. The van der Waals surface area contributed by atoms with Gasteiger partial charge in [-0.2, -0.15) is 5.10 Å². The number of aromatic nitrogens is 2. The Balaban J connectivity index is 1.93. The van der Waals surface area contributed by atoms with Crippen LogP contribution in [0.2, 0.25) is 0 Å². The maximum absolute atomic E-state index is 12.0. The lowest BCUT2D eigenvalue weighted by Gasteiger charge is -2.12. The van der Waals surface area contributed by atoms with E-state index < -0.39 is 5.97 Å². The van der Waals surface area contributed by atoms with Gasteiger partial charge in [-0.25, -0.2) is 0 Å². The number of carboxylic acids is 1. The fraction of sp³-hybridized carbons (Fsp3) is 0.500. The molecule has 0 radical (unpaired) electrons. The average Bonchev–Trinajstić information content (AvgIpc) is 2.95. The molecule has 0 spiro atoms. The average molecular weight is 280 g/mol. The molecule has 1 aliphatic heterocycles. The van der Waals surface area contributed by atoms with Crippen LogP contribution in [0.5, 0.6) is 0 Å². The SMILES string of the molecule is CCN1C[C@H](C(=O)Nc2ccn(CC(=O)O)n2)CC1=O. The molecule has 1 aromatic heterocycles. The summed E-state index contributed by atoms with van der Waals surface area (Å²) < 4.78 is 1.22. The van der Waals surface area contributed by atoms with Gasteiger partial charge in [0.05, 0.1) is 5.92 Å². The van der Waals surface area contributed by atoms with Crippen LogP contribution in [-0.2, 0) is 20.9 Å². The molecule has 0 saturated carbocycles. The number of amides is 2. The Morgan fingerprint density at radius 2 is 2.30 bits per heavy atom. The van der Waals surface area contributed by atoms with Crippen LogP contribution in [0, 0.1) is 5.92 Å². The number of nitrogens with one attached hydrogen (secondary N) is 1. The summed E-state index contributed by atoms with van der Waals surface area (Å²) in [4.78, 5) is 35.7. The van der Waals surface area contributed by atoms with Crippen LogP contribution in [0.3, 0.4) is 0 Å². The standard InChI is InChI=1S/C12H16N4O4/c1-2-15-6-8(5-10(15)17)12(20)13-9-3-4-16(14-9)7-11(18)19/h3-4,8H,2,5-7H2,1H3,(H,18,19)(H,13,14,20)/t8-/m1/s1. The highest BCUT2D eigenvalue weighted by atomic mass is 16.4. The van der Waals surface area contributed by atoms with Gasteiger partial charge in [-0.05, 0) is 6.92 Å². The number of carbonyl (C=O) groups excluding carboxylic acids is 2. The third kappa shape index (κ3) is 3.14.